The van der Waals surface area contributed by atoms with Gasteiger partial charge in [-0.25, -0.2) is 10.4 Å². The summed E-state index contributed by atoms with van der Waals surface area (Å²) in [4.78, 5) is 19.0. The van der Waals surface area contributed by atoms with Crippen LogP contribution in [0.3, 0.4) is 0 Å². The van der Waals surface area contributed by atoms with Crippen LogP contribution in [-0.4, -0.2) is 39.5 Å². The van der Waals surface area contributed by atoms with Gasteiger partial charge in [0.25, 0.3) is 0 Å². The van der Waals surface area contributed by atoms with E-state index < -0.39 is 0 Å². The van der Waals surface area contributed by atoms with Gasteiger partial charge in [-0.2, -0.15) is 11.3 Å². The second-order valence-electron chi connectivity index (χ2n) is 7.42. The molecule has 4 rings (SSSR count). The molecule has 2 atom stereocenters. The Morgan fingerprint density at radius 1 is 1.33 bits per heavy atom. The maximum atomic E-state index is 12.7. The average molecular weight is 384 g/mol. The van der Waals surface area contributed by atoms with E-state index in [-0.39, 0.29) is 18.0 Å². The Labute approximate surface area is 163 Å². The molecule has 1 aliphatic heterocycles. The number of aromatic nitrogens is 2. The van der Waals surface area contributed by atoms with Crippen LogP contribution >= 0.6 is 11.3 Å². The number of amides is 1. The number of thiophene rings is 1. The van der Waals surface area contributed by atoms with Crippen LogP contribution < -0.4 is 10.9 Å². The molecule has 2 N–H and O–H groups in total. The van der Waals surface area contributed by atoms with Gasteiger partial charge in [0.05, 0.1) is 17.4 Å². The normalized spacial score (nSPS) is 19.7. The Morgan fingerprint density at radius 3 is 2.93 bits per heavy atom. The predicted molar refractivity (Wildman–Crippen MR) is 108 cm³/mol. The first-order valence-corrected chi connectivity index (χ1v) is 10.1. The highest BCUT2D eigenvalue weighted by atomic mass is 32.1. The third kappa shape index (κ3) is 3.76. The highest BCUT2D eigenvalue weighted by Gasteiger charge is 2.31. The third-order valence-electron chi connectivity index (χ3n) is 5.31. The summed E-state index contributed by atoms with van der Waals surface area (Å²) in [6.45, 7) is 5.67. The summed E-state index contributed by atoms with van der Waals surface area (Å²) < 4.78 is 2.17. The molecule has 0 saturated carbocycles. The van der Waals surface area contributed by atoms with E-state index >= 15 is 0 Å². The minimum atomic E-state index is -0.197. The molecule has 1 aromatic carbocycles. The van der Waals surface area contributed by atoms with Crippen LogP contribution in [-0.2, 0) is 17.9 Å². The number of rotatable bonds is 5. The van der Waals surface area contributed by atoms with E-state index in [1.807, 2.05) is 18.8 Å². The van der Waals surface area contributed by atoms with E-state index in [0.29, 0.717) is 6.54 Å². The molecule has 0 bridgehead atoms. The van der Waals surface area contributed by atoms with Gasteiger partial charge in [0, 0.05) is 26.2 Å². The van der Waals surface area contributed by atoms with Gasteiger partial charge >= 0.3 is 0 Å². The van der Waals surface area contributed by atoms with Crippen molar-refractivity contribution in [2.24, 2.45) is 0 Å². The summed E-state index contributed by atoms with van der Waals surface area (Å²) in [7, 11) is 1.86. The lowest BCUT2D eigenvalue weighted by Gasteiger charge is -2.20. The molecule has 3 heterocycles. The highest BCUT2D eigenvalue weighted by Crippen LogP contribution is 2.20. The van der Waals surface area contributed by atoms with Crippen LogP contribution in [0.25, 0.3) is 11.0 Å². The Morgan fingerprint density at radius 2 is 2.15 bits per heavy atom. The first-order valence-electron chi connectivity index (χ1n) is 9.20. The molecule has 1 fully saturated rings. The minimum absolute atomic E-state index is 0.123. The lowest BCUT2D eigenvalue weighted by atomic mass is 10.1. The van der Waals surface area contributed by atoms with Crippen molar-refractivity contribution < 1.29 is 4.79 Å². The summed E-state index contributed by atoms with van der Waals surface area (Å²) in [6, 6.07) is 6.38. The van der Waals surface area contributed by atoms with Crippen molar-refractivity contribution in [2.45, 2.75) is 45.4 Å². The van der Waals surface area contributed by atoms with Crippen molar-refractivity contribution >= 4 is 28.3 Å². The Kier molecular flexibility index (Phi) is 4.99. The van der Waals surface area contributed by atoms with Gasteiger partial charge in [-0.05, 0) is 65.9 Å². The number of nitrogens with one attached hydrogen (secondary N) is 2. The van der Waals surface area contributed by atoms with E-state index in [1.165, 1.54) is 16.7 Å². The van der Waals surface area contributed by atoms with Crippen LogP contribution in [0.1, 0.15) is 23.1 Å². The monoisotopic (exact) mass is 383 g/mol. The zero-order chi connectivity index (χ0) is 19.0. The number of carbonyl (C=O) groups excluding carboxylic acids is 1. The molecular weight excluding hydrogens is 358 g/mol. The van der Waals surface area contributed by atoms with Crippen LogP contribution in [0.5, 0.6) is 0 Å². The number of nitrogens with zero attached hydrogens (tertiary/aromatic N) is 3. The number of carbonyl (C=O) groups is 1. The lowest BCUT2D eigenvalue weighted by molar-refractivity contribution is -0.132. The van der Waals surface area contributed by atoms with E-state index in [9.17, 15) is 4.79 Å². The number of aryl methyl sites for hydroxylation is 2. The van der Waals surface area contributed by atoms with E-state index in [1.54, 1.807) is 16.2 Å². The molecule has 0 spiro atoms. The second kappa shape index (κ2) is 7.42. The number of hydrazine groups is 1. The molecule has 1 aliphatic rings. The summed E-state index contributed by atoms with van der Waals surface area (Å²) in [5.41, 5.74) is 12.3. The molecule has 142 valence electrons. The van der Waals surface area contributed by atoms with E-state index in [4.69, 9.17) is 0 Å². The largest absolute Gasteiger partial charge is 0.340 e. The van der Waals surface area contributed by atoms with Crippen LogP contribution in [0.2, 0.25) is 0 Å². The summed E-state index contributed by atoms with van der Waals surface area (Å²) in [5, 5.41) is 4.12. The second-order valence-corrected chi connectivity index (χ2v) is 8.20. The van der Waals surface area contributed by atoms with Crippen molar-refractivity contribution in [3.63, 3.8) is 0 Å². The number of fused-ring (bicyclic) bond motifs is 1. The summed E-state index contributed by atoms with van der Waals surface area (Å²) in [6.07, 6.45) is 2.65. The van der Waals surface area contributed by atoms with Crippen LogP contribution in [0, 0.1) is 13.8 Å². The van der Waals surface area contributed by atoms with Gasteiger partial charge in [-0.3, -0.25) is 10.2 Å². The number of likely N-dealkylation sites (N-methyl/N-ethyl adjacent to an activating group) is 1. The fourth-order valence-corrected chi connectivity index (χ4v) is 4.26. The third-order valence-corrected chi connectivity index (χ3v) is 6.04. The zero-order valence-electron chi connectivity index (χ0n) is 15.9. The number of hydrogen-bond donors (Lipinski definition) is 2. The maximum absolute atomic E-state index is 12.7. The van der Waals surface area contributed by atoms with Crippen molar-refractivity contribution in [3.05, 3.63) is 52.0 Å². The van der Waals surface area contributed by atoms with Crippen molar-refractivity contribution in [3.8, 4) is 0 Å². The Balaban J connectivity index is 1.40. The van der Waals surface area contributed by atoms with Crippen LogP contribution in [0.4, 0.5) is 0 Å². The van der Waals surface area contributed by atoms with Gasteiger partial charge in [0.15, 0.2) is 0 Å². The van der Waals surface area contributed by atoms with E-state index in [0.717, 1.165) is 24.0 Å². The molecule has 2 unspecified atom stereocenters. The molecule has 2 aromatic heterocycles. The quantitative estimate of drug-likeness (QED) is 0.711. The standard InChI is InChI=1S/C20H25N5OS/c1-13-6-17-19(7-14(13)2)25(12-21-17)10-16-8-18(23-22-16)20(26)24(3)9-15-4-5-27-11-15/h4-7,11-12,16,18,22-23H,8-10H2,1-3H3. The molecule has 1 saturated heterocycles. The fourth-order valence-electron chi connectivity index (χ4n) is 3.60. The molecule has 27 heavy (non-hydrogen) atoms. The van der Waals surface area contributed by atoms with Gasteiger partial charge < -0.3 is 9.47 Å². The minimum Gasteiger partial charge on any atom is -0.340 e. The topological polar surface area (TPSA) is 62.2 Å². The number of hydrogen-bond acceptors (Lipinski definition) is 5. The van der Waals surface area contributed by atoms with Gasteiger partial charge in [-0.1, -0.05) is 0 Å². The maximum Gasteiger partial charge on any atom is 0.241 e. The smallest absolute Gasteiger partial charge is 0.241 e. The fraction of sp³-hybridized carbons (Fsp3) is 0.400. The van der Waals surface area contributed by atoms with Crippen molar-refractivity contribution in [2.75, 3.05) is 7.05 Å². The number of benzene rings is 1. The Bertz CT molecular complexity index is 949. The van der Waals surface area contributed by atoms with Gasteiger partial charge in [0.2, 0.25) is 5.91 Å². The lowest BCUT2D eigenvalue weighted by Crippen LogP contribution is -2.44. The molecule has 3 aromatic rings. The summed E-state index contributed by atoms with van der Waals surface area (Å²) in [5.74, 6) is 0.123. The molecule has 0 aliphatic carbocycles. The molecule has 0 radical (unpaired) electrons. The SMILES string of the molecule is Cc1cc2ncn(CC3CC(C(=O)N(C)Cc4ccsc4)NN3)c2cc1C. The van der Waals surface area contributed by atoms with Crippen LogP contribution in [0.15, 0.2) is 35.3 Å². The van der Waals surface area contributed by atoms with Crippen molar-refractivity contribution in [1.29, 1.82) is 0 Å². The summed E-state index contributed by atoms with van der Waals surface area (Å²) >= 11 is 1.66. The molecule has 7 heteroatoms. The molecule has 1 amide bonds. The zero-order valence-corrected chi connectivity index (χ0v) is 16.7. The van der Waals surface area contributed by atoms with Gasteiger partial charge in [-0.15, -0.1) is 0 Å². The first kappa shape index (κ1) is 18.2. The Hall–Kier alpha value is -2.22. The average Bonchev–Trinajstić information content (AvgIpc) is 3.38. The first-order chi connectivity index (χ1) is 13.0. The van der Waals surface area contributed by atoms with Crippen molar-refractivity contribution in [1.82, 2.24) is 25.3 Å². The predicted octanol–water partition coefficient (Wildman–Crippen LogP) is 2.61. The molecule has 6 nitrogen and oxygen atoms in total. The molecular formula is C20H25N5OS. The van der Waals surface area contributed by atoms with E-state index in [2.05, 4.69) is 57.8 Å². The number of imidazole rings is 1. The highest BCUT2D eigenvalue weighted by molar-refractivity contribution is 7.07. The van der Waals surface area contributed by atoms with Gasteiger partial charge in [0.1, 0.15) is 6.04 Å².